The van der Waals surface area contributed by atoms with Gasteiger partial charge in [-0.3, -0.25) is 0 Å². The van der Waals surface area contributed by atoms with E-state index in [2.05, 4.69) is 0 Å². The quantitative estimate of drug-likeness (QED) is 0.782. The summed E-state index contributed by atoms with van der Waals surface area (Å²) in [5.41, 5.74) is 2.99. The lowest BCUT2D eigenvalue weighted by Gasteiger charge is -2.27. The molecule has 1 nitrogen and oxygen atoms in total. The van der Waals surface area contributed by atoms with Gasteiger partial charge in [0.15, 0.2) is 0 Å². The molecule has 1 aromatic carbocycles. The third kappa shape index (κ3) is 2.39. The number of benzene rings is 1. The topological polar surface area (TPSA) is 26.0 Å². The molecule has 0 bridgehead atoms. The molecule has 0 aliphatic carbocycles. The van der Waals surface area contributed by atoms with Crippen LogP contribution in [0.3, 0.4) is 0 Å². The van der Waals surface area contributed by atoms with Crippen molar-refractivity contribution in [3.05, 3.63) is 35.9 Å². The van der Waals surface area contributed by atoms with Crippen molar-refractivity contribution in [1.29, 1.82) is 0 Å². The molecule has 14 heavy (non-hydrogen) atoms. The van der Waals surface area contributed by atoms with Crippen LogP contribution in [0.25, 0.3) is 0 Å². The van der Waals surface area contributed by atoms with Gasteiger partial charge in [-0.2, -0.15) is 13.2 Å². The van der Waals surface area contributed by atoms with Crippen molar-refractivity contribution in [2.24, 2.45) is 5.73 Å². The van der Waals surface area contributed by atoms with Gasteiger partial charge in [-0.05, 0) is 12.5 Å². The molecule has 1 unspecified atom stereocenters. The van der Waals surface area contributed by atoms with Crippen molar-refractivity contribution < 1.29 is 13.2 Å². The van der Waals surface area contributed by atoms with Crippen LogP contribution >= 0.6 is 12.4 Å². The molecule has 0 aliphatic rings. The van der Waals surface area contributed by atoms with Crippen molar-refractivity contribution >= 4 is 12.4 Å². The lowest BCUT2D eigenvalue weighted by molar-refractivity contribution is -0.184. The standard InChI is InChI=1S/C9H10F3N.ClH/c1-8(13,9(10,11)12)7-5-3-2-4-6-7;/h2-6H,13H2,1H3;1H. The van der Waals surface area contributed by atoms with Crippen molar-refractivity contribution in [3.63, 3.8) is 0 Å². The highest BCUT2D eigenvalue weighted by Crippen LogP contribution is 2.35. The minimum absolute atomic E-state index is 0. The van der Waals surface area contributed by atoms with Crippen LogP contribution in [0.2, 0.25) is 0 Å². The van der Waals surface area contributed by atoms with Crippen LogP contribution in [0.5, 0.6) is 0 Å². The number of hydrogen-bond donors (Lipinski definition) is 1. The Bertz CT molecular complexity index is 282. The summed E-state index contributed by atoms with van der Waals surface area (Å²) in [6, 6.07) is 7.45. The third-order valence-corrected chi connectivity index (χ3v) is 1.96. The van der Waals surface area contributed by atoms with E-state index in [1.165, 1.54) is 24.3 Å². The average Bonchev–Trinajstić information content (AvgIpc) is 2.04. The predicted octanol–water partition coefficient (Wildman–Crippen LogP) is 2.84. The Balaban J connectivity index is 0.00000169. The summed E-state index contributed by atoms with van der Waals surface area (Å²) in [5.74, 6) is 0. The minimum Gasteiger partial charge on any atom is -0.314 e. The van der Waals surface area contributed by atoms with Gasteiger partial charge in [-0.25, -0.2) is 0 Å². The Morgan fingerprint density at radius 2 is 1.50 bits per heavy atom. The van der Waals surface area contributed by atoms with Crippen molar-refractivity contribution in [2.75, 3.05) is 0 Å². The van der Waals surface area contributed by atoms with Crippen LogP contribution in [-0.4, -0.2) is 6.18 Å². The second-order valence-corrected chi connectivity index (χ2v) is 3.07. The zero-order chi connectivity index (χ0) is 10.1. The third-order valence-electron chi connectivity index (χ3n) is 1.96. The molecule has 0 spiro atoms. The van der Waals surface area contributed by atoms with Crippen LogP contribution in [0, 0.1) is 0 Å². The minimum atomic E-state index is -4.42. The summed E-state index contributed by atoms with van der Waals surface area (Å²) in [4.78, 5) is 0. The molecule has 0 fully saturated rings. The first-order valence-corrected chi connectivity index (χ1v) is 3.77. The summed E-state index contributed by atoms with van der Waals surface area (Å²) in [5, 5.41) is 0. The molecule has 0 radical (unpaired) electrons. The van der Waals surface area contributed by atoms with Gasteiger partial charge in [0.05, 0.1) is 0 Å². The molecular formula is C9H11ClF3N. The number of rotatable bonds is 1. The highest BCUT2D eigenvalue weighted by molar-refractivity contribution is 5.85. The van der Waals surface area contributed by atoms with Gasteiger partial charge in [0, 0.05) is 0 Å². The molecule has 80 valence electrons. The molecule has 0 heterocycles. The molecular weight excluding hydrogens is 215 g/mol. The molecule has 0 amide bonds. The van der Waals surface area contributed by atoms with Gasteiger partial charge in [-0.1, -0.05) is 30.3 Å². The Morgan fingerprint density at radius 3 is 1.86 bits per heavy atom. The van der Waals surface area contributed by atoms with Crippen LogP contribution < -0.4 is 5.73 Å². The lowest BCUT2D eigenvalue weighted by atomic mass is 9.93. The maximum atomic E-state index is 12.4. The summed E-state index contributed by atoms with van der Waals surface area (Å²) in [6.07, 6.45) is -4.42. The highest BCUT2D eigenvalue weighted by atomic mass is 35.5. The SMILES string of the molecule is CC(N)(c1ccccc1)C(F)(F)F.Cl. The molecule has 1 rings (SSSR count). The number of hydrogen-bond acceptors (Lipinski definition) is 1. The van der Waals surface area contributed by atoms with Gasteiger partial charge >= 0.3 is 6.18 Å². The Kier molecular flexibility index (Phi) is 3.97. The Morgan fingerprint density at radius 1 is 1.07 bits per heavy atom. The van der Waals surface area contributed by atoms with E-state index in [4.69, 9.17) is 5.73 Å². The van der Waals surface area contributed by atoms with Crippen molar-refractivity contribution in [3.8, 4) is 0 Å². The van der Waals surface area contributed by atoms with E-state index in [1.54, 1.807) is 6.07 Å². The molecule has 0 saturated carbocycles. The fourth-order valence-electron chi connectivity index (χ4n) is 0.948. The van der Waals surface area contributed by atoms with Crippen molar-refractivity contribution in [2.45, 2.75) is 18.6 Å². The molecule has 1 atom stereocenters. The van der Waals surface area contributed by atoms with Gasteiger partial charge in [0.2, 0.25) is 0 Å². The highest BCUT2D eigenvalue weighted by Gasteiger charge is 2.49. The molecule has 0 saturated heterocycles. The number of alkyl halides is 3. The van der Waals surface area contributed by atoms with Crippen LogP contribution in [0.15, 0.2) is 30.3 Å². The zero-order valence-electron chi connectivity index (χ0n) is 7.51. The number of halogens is 4. The molecule has 5 heteroatoms. The number of nitrogens with two attached hydrogens (primary N) is 1. The van der Waals surface area contributed by atoms with Crippen LogP contribution in [0.4, 0.5) is 13.2 Å². The molecule has 2 N–H and O–H groups in total. The van der Waals surface area contributed by atoms with Crippen LogP contribution in [0.1, 0.15) is 12.5 Å². The second kappa shape index (κ2) is 4.19. The van der Waals surface area contributed by atoms with E-state index in [0.717, 1.165) is 6.92 Å². The summed E-state index contributed by atoms with van der Waals surface area (Å²) in [6.45, 7) is 0.961. The predicted molar refractivity (Wildman–Crippen MR) is 51.3 cm³/mol. The smallest absolute Gasteiger partial charge is 0.314 e. The molecule has 0 aliphatic heterocycles. The van der Waals surface area contributed by atoms with E-state index in [0.29, 0.717) is 0 Å². The van der Waals surface area contributed by atoms with E-state index in [9.17, 15) is 13.2 Å². The first-order chi connectivity index (χ1) is 5.86. The van der Waals surface area contributed by atoms with E-state index in [-0.39, 0.29) is 18.0 Å². The Labute approximate surface area is 86.5 Å². The molecule has 0 aromatic heterocycles. The van der Waals surface area contributed by atoms with E-state index in [1.807, 2.05) is 0 Å². The van der Waals surface area contributed by atoms with E-state index < -0.39 is 11.7 Å². The van der Waals surface area contributed by atoms with Crippen molar-refractivity contribution in [1.82, 2.24) is 0 Å². The van der Waals surface area contributed by atoms with E-state index >= 15 is 0 Å². The Hall–Kier alpha value is -0.740. The summed E-state index contributed by atoms with van der Waals surface area (Å²) >= 11 is 0. The maximum Gasteiger partial charge on any atom is 0.410 e. The normalized spacial score (nSPS) is 15.5. The lowest BCUT2D eigenvalue weighted by Crippen LogP contribution is -2.47. The largest absolute Gasteiger partial charge is 0.410 e. The van der Waals surface area contributed by atoms with Gasteiger partial charge in [-0.15, -0.1) is 12.4 Å². The monoisotopic (exact) mass is 225 g/mol. The first kappa shape index (κ1) is 13.3. The fourth-order valence-corrected chi connectivity index (χ4v) is 0.948. The van der Waals surface area contributed by atoms with Gasteiger partial charge < -0.3 is 5.73 Å². The van der Waals surface area contributed by atoms with Gasteiger partial charge in [0.1, 0.15) is 5.54 Å². The maximum absolute atomic E-state index is 12.4. The fraction of sp³-hybridized carbons (Fsp3) is 0.333. The average molecular weight is 226 g/mol. The zero-order valence-corrected chi connectivity index (χ0v) is 8.32. The molecule has 1 aromatic rings. The summed E-state index contributed by atoms with van der Waals surface area (Å²) < 4.78 is 37.2. The van der Waals surface area contributed by atoms with Crippen LogP contribution in [-0.2, 0) is 5.54 Å². The second-order valence-electron chi connectivity index (χ2n) is 3.07. The van der Waals surface area contributed by atoms with Gasteiger partial charge in [0.25, 0.3) is 0 Å². The summed E-state index contributed by atoms with van der Waals surface area (Å²) in [7, 11) is 0. The first-order valence-electron chi connectivity index (χ1n) is 3.77.